The van der Waals surface area contributed by atoms with Crippen LogP contribution in [0.15, 0.2) is 170 Å². The molecule has 0 aromatic heterocycles. The van der Waals surface area contributed by atoms with Gasteiger partial charge in [0.1, 0.15) is 48.8 Å². The van der Waals surface area contributed by atoms with Crippen LogP contribution in [-0.2, 0) is 23.7 Å². The van der Waals surface area contributed by atoms with E-state index in [0.29, 0.717) is 12.8 Å². The number of nitrogens with one attached hydrogen (secondary N) is 1. The number of rotatable bonds is 66. The van der Waals surface area contributed by atoms with Gasteiger partial charge < -0.3 is 65.1 Å². The smallest absolute Gasteiger partial charge is 0.220 e. The largest absolute Gasteiger partial charge is 0.394 e. The first kappa shape index (κ1) is 94.4. The average Bonchev–Trinajstić information content (AvgIpc) is 0.791. The minimum absolute atomic E-state index is 0.218. The second-order valence-corrected chi connectivity index (χ2v) is 27.8. The van der Waals surface area contributed by atoms with Crippen LogP contribution in [0.25, 0.3) is 0 Å². The number of amides is 1. The molecule has 0 aromatic rings. The maximum absolute atomic E-state index is 13.4. The Labute approximate surface area is 626 Å². The van der Waals surface area contributed by atoms with Crippen LogP contribution >= 0.6 is 0 Å². The van der Waals surface area contributed by atoms with Gasteiger partial charge in [0.2, 0.25) is 5.91 Å². The van der Waals surface area contributed by atoms with Gasteiger partial charge in [0, 0.05) is 6.42 Å². The van der Waals surface area contributed by atoms with Crippen molar-refractivity contribution in [2.24, 2.45) is 0 Å². The molecule has 0 aromatic carbocycles. The Morgan fingerprint density at radius 1 is 0.359 bits per heavy atom. The van der Waals surface area contributed by atoms with Crippen LogP contribution in [0.3, 0.4) is 0 Å². The van der Waals surface area contributed by atoms with Crippen LogP contribution in [0.4, 0.5) is 0 Å². The molecule has 2 saturated heterocycles. The van der Waals surface area contributed by atoms with Gasteiger partial charge in [-0.1, -0.05) is 325 Å². The third-order valence-corrected chi connectivity index (χ3v) is 18.6. The van der Waals surface area contributed by atoms with Gasteiger partial charge in [0.15, 0.2) is 12.6 Å². The van der Waals surface area contributed by atoms with Gasteiger partial charge in [-0.3, -0.25) is 4.79 Å². The molecule has 14 heteroatoms. The summed E-state index contributed by atoms with van der Waals surface area (Å²) < 4.78 is 22.9. The van der Waals surface area contributed by atoms with Crippen molar-refractivity contribution < 1.29 is 64.6 Å². The highest BCUT2D eigenvalue weighted by molar-refractivity contribution is 5.76. The zero-order valence-corrected chi connectivity index (χ0v) is 64.2. The molecule has 14 nitrogen and oxygen atoms in total. The van der Waals surface area contributed by atoms with Crippen LogP contribution in [-0.4, -0.2) is 140 Å². The molecule has 12 atom stereocenters. The third-order valence-electron chi connectivity index (χ3n) is 18.6. The number of carbonyl (C=O) groups is 1. The van der Waals surface area contributed by atoms with Crippen molar-refractivity contribution in [3.05, 3.63) is 170 Å². The molecule has 2 heterocycles. The molecule has 0 saturated carbocycles. The summed E-state index contributed by atoms with van der Waals surface area (Å²) >= 11 is 0. The predicted molar refractivity (Wildman–Crippen MR) is 428 cm³/mol. The molecular formula is C89H147NO13. The molecule has 586 valence electrons. The number of aliphatic hydroxyl groups excluding tert-OH is 8. The average molecular weight is 1440 g/mol. The van der Waals surface area contributed by atoms with E-state index in [0.717, 1.165) is 116 Å². The highest BCUT2D eigenvalue weighted by atomic mass is 16.7. The summed E-state index contributed by atoms with van der Waals surface area (Å²) in [6, 6.07) is -0.972. The maximum atomic E-state index is 13.4. The predicted octanol–water partition coefficient (Wildman–Crippen LogP) is 19.1. The number of allylic oxidation sites excluding steroid dienone is 27. The highest BCUT2D eigenvalue weighted by Crippen LogP contribution is 2.30. The van der Waals surface area contributed by atoms with Gasteiger partial charge in [0.25, 0.3) is 0 Å². The topological polar surface area (TPSA) is 228 Å². The number of hydrogen-bond acceptors (Lipinski definition) is 13. The lowest BCUT2D eigenvalue weighted by Crippen LogP contribution is -2.65. The summed E-state index contributed by atoms with van der Waals surface area (Å²) in [6.07, 6.45) is 92.9. The normalized spacial score (nSPS) is 22.5. The summed E-state index contributed by atoms with van der Waals surface area (Å²) in [4.78, 5) is 13.4. The second kappa shape index (κ2) is 70.3. The second-order valence-electron chi connectivity index (χ2n) is 27.8. The highest BCUT2D eigenvalue weighted by Gasteiger charge is 2.51. The fraction of sp³-hybridized carbons (Fsp3) is 0.674. The lowest BCUT2D eigenvalue weighted by atomic mass is 9.97. The first-order chi connectivity index (χ1) is 50.6. The van der Waals surface area contributed by atoms with Crippen molar-refractivity contribution in [1.82, 2.24) is 5.32 Å². The molecule has 12 unspecified atom stereocenters. The van der Waals surface area contributed by atoms with Crippen molar-refractivity contribution in [2.75, 3.05) is 19.8 Å². The third kappa shape index (κ3) is 52.9. The van der Waals surface area contributed by atoms with Crippen molar-refractivity contribution in [3.8, 4) is 0 Å². The van der Waals surface area contributed by atoms with Crippen LogP contribution in [0.1, 0.15) is 290 Å². The molecule has 1 amide bonds. The van der Waals surface area contributed by atoms with E-state index in [1.165, 1.54) is 141 Å². The van der Waals surface area contributed by atoms with Gasteiger partial charge in [0.05, 0.1) is 32.0 Å². The lowest BCUT2D eigenvalue weighted by Gasteiger charge is -2.46. The number of ether oxygens (including phenoxy) is 4. The summed E-state index contributed by atoms with van der Waals surface area (Å²) in [5.74, 6) is -0.290. The number of unbranched alkanes of at least 4 members (excludes halogenated alkanes) is 27. The Balaban J connectivity index is 1.68. The van der Waals surface area contributed by atoms with Gasteiger partial charge in [-0.25, -0.2) is 0 Å². The molecule has 0 spiro atoms. The van der Waals surface area contributed by atoms with E-state index in [1.807, 2.05) is 6.08 Å². The first-order valence-corrected chi connectivity index (χ1v) is 40.9. The fourth-order valence-electron chi connectivity index (χ4n) is 12.2. The standard InChI is InChI=1S/C89H147NO13/c1-3-5-7-9-11-13-15-17-19-21-23-25-27-29-31-33-35-37-38-39-40-41-43-45-47-49-51-53-55-57-59-61-63-65-67-69-71-73-81(94)90-77(76-100-88-86(99)84(97)87(80(75-92)102-88)103-89-85(98)83(96)82(95)79(74-91)101-89)78(93)72-70-68-66-64-62-60-58-56-54-52-50-48-46-44-42-36-34-32-30-28-26-24-22-20-18-16-14-12-10-8-6-4-2/h5,7,11,13,17,19,23,25,29,31,35,37,39-40,43,45,49,51,54-57,61-64,70,72,77-80,82-89,91-93,95-99H,3-4,6,8-10,12,14-16,18,20-22,24,26-28,30,32-34,36,38,41-42,44,46-48,50,52-53,58-60,65-69,71,73-76H2,1-2H3,(H,90,94)/b7-5-,13-11-,19-17-,25-23-,31-29-,37-35-,40-39-,45-43-,51-49-,56-54+,57-55-,63-61-,64-62+,72-70+. The van der Waals surface area contributed by atoms with Gasteiger partial charge in [-0.2, -0.15) is 0 Å². The molecule has 2 aliphatic heterocycles. The molecule has 0 bridgehead atoms. The van der Waals surface area contributed by atoms with Gasteiger partial charge >= 0.3 is 0 Å². The van der Waals surface area contributed by atoms with Crippen LogP contribution in [0.5, 0.6) is 0 Å². The molecule has 0 aliphatic carbocycles. The minimum Gasteiger partial charge on any atom is -0.394 e. The van der Waals surface area contributed by atoms with Crippen molar-refractivity contribution in [3.63, 3.8) is 0 Å². The molecule has 2 fully saturated rings. The van der Waals surface area contributed by atoms with Crippen molar-refractivity contribution in [2.45, 2.75) is 364 Å². The van der Waals surface area contributed by atoms with Crippen molar-refractivity contribution >= 4 is 5.91 Å². The number of aliphatic hydroxyl groups is 8. The van der Waals surface area contributed by atoms with Gasteiger partial charge in [-0.05, 0) is 128 Å². The summed E-state index contributed by atoms with van der Waals surface area (Å²) in [5, 5.41) is 87.6. The van der Waals surface area contributed by atoms with Crippen LogP contribution < -0.4 is 5.32 Å². The molecule has 0 radical (unpaired) electrons. The first-order valence-electron chi connectivity index (χ1n) is 40.9. The molecule has 2 aliphatic rings. The van der Waals surface area contributed by atoms with E-state index >= 15 is 0 Å². The minimum atomic E-state index is -1.81. The SMILES string of the molecule is CC/C=C\C/C=C\C/C=C\C/C=C\C/C=C\C/C=C\C/C=C\C/C=C\C/C=C\C/C=C\C/C=C\CCCCCC(=O)NC(COC1OC(CO)C(OC2OC(CO)C(O)C(O)C2O)C(O)C1O)C(O)/C=C/CC/C=C/CC/C=C/CCCCCCCCCCCCCCCCCCCCCCCC. The number of hydrogen-bond donors (Lipinski definition) is 9. The van der Waals surface area contributed by atoms with E-state index in [-0.39, 0.29) is 18.9 Å². The molecule has 103 heavy (non-hydrogen) atoms. The Morgan fingerprint density at radius 3 is 1.07 bits per heavy atom. The zero-order chi connectivity index (χ0) is 74.4. The van der Waals surface area contributed by atoms with Crippen LogP contribution in [0, 0.1) is 0 Å². The number of carbonyl (C=O) groups excluding carboxylic acids is 1. The molecule has 9 N–H and O–H groups in total. The quantitative estimate of drug-likeness (QED) is 0.0204. The summed E-state index contributed by atoms with van der Waals surface area (Å²) in [6.45, 7) is 2.65. The Bertz CT molecular complexity index is 2400. The van der Waals surface area contributed by atoms with E-state index < -0.39 is 86.8 Å². The maximum Gasteiger partial charge on any atom is 0.220 e. The van der Waals surface area contributed by atoms with Crippen molar-refractivity contribution in [1.29, 1.82) is 0 Å². The Morgan fingerprint density at radius 2 is 0.680 bits per heavy atom. The zero-order valence-electron chi connectivity index (χ0n) is 64.2. The Kier molecular flexibility index (Phi) is 64.5. The fourth-order valence-corrected chi connectivity index (χ4v) is 12.2. The van der Waals surface area contributed by atoms with Crippen LogP contribution in [0.2, 0.25) is 0 Å². The summed E-state index contributed by atoms with van der Waals surface area (Å²) in [5.41, 5.74) is 0. The van der Waals surface area contributed by atoms with E-state index in [4.69, 9.17) is 18.9 Å². The molecular weight excluding hydrogens is 1290 g/mol. The Hall–Kier alpha value is -4.65. The summed E-state index contributed by atoms with van der Waals surface area (Å²) in [7, 11) is 0. The monoisotopic (exact) mass is 1440 g/mol. The van der Waals surface area contributed by atoms with E-state index in [9.17, 15) is 45.6 Å². The van der Waals surface area contributed by atoms with Gasteiger partial charge in [-0.15, -0.1) is 0 Å². The lowest BCUT2D eigenvalue weighted by molar-refractivity contribution is -0.359. The van der Waals surface area contributed by atoms with E-state index in [1.54, 1.807) is 6.08 Å². The van der Waals surface area contributed by atoms with E-state index in [2.05, 4.69) is 177 Å². The molecule has 2 rings (SSSR count).